The molecular weight excluding hydrogens is 353 g/mol. The number of rotatable bonds is 4. The van der Waals surface area contributed by atoms with Crippen molar-refractivity contribution < 1.29 is 13.6 Å². The van der Waals surface area contributed by atoms with Crippen LogP contribution in [0.5, 0.6) is 0 Å². The summed E-state index contributed by atoms with van der Waals surface area (Å²) in [6, 6.07) is 6.32. The molecule has 0 bridgehead atoms. The Labute approximate surface area is 156 Å². The SMILES string of the molecule is O=C(CSc1nnc(-c2ccc(F)cc2)o1)N1CCC[C@@H]2CCCC[C@H]21. The van der Waals surface area contributed by atoms with Crippen molar-refractivity contribution in [2.45, 2.75) is 49.8 Å². The number of carbonyl (C=O) groups is 1. The fourth-order valence-electron chi connectivity index (χ4n) is 4.12. The molecule has 1 aromatic carbocycles. The summed E-state index contributed by atoms with van der Waals surface area (Å²) in [5, 5.41) is 8.35. The molecule has 2 aromatic rings. The number of aromatic nitrogens is 2. The van der Waals surface area contributed by atoms with E-state index in [0.717, 1.165) is 19.4 Å². The number of hydrogen-bond donors (Lipinski definition) is 0. The molecule has 1 amide bonds. The Morgan fingerprint density at radius 2 is 1.92 bits per heavy atom. The average Bonchev–Trinajstić information content (AvgIpc) is 3.15. The molecule has 2 atom stereocenters. The number of nitrogens with zero attached hydrogens (tertiary/aromatic N) is 3. The number of amides is 1. The van der Waals surface area contributed by atoms with Crippen molar-refractivity contribution >= 4 is 17.7 Å². The number of likely N-dealkylation sites (tertiary alicyclic amines) is 1. The molecule has 0 N–H and O–H groups in total. The summed E-state index contributed by atoms with van der Waals surface area (Å²) in [5.74, 6) is 1.18. The van der Waals surface area contributed by atoms with Crippen molar-refractivity contribution in [1.82, 2.24) is 15.1 Å². The van der Waals surface area contributed by atoms with Gasteiger partial charge in [-0.25, -0.2) is 4.39 Å². The first kappa shape index (κ1) is 17.5. The molecule has 2 aliphatic rings. The highest BCUT2D eigenvalue weighted by molar-refractivity contribution is 7.99. The molecule has 0 radical (unpaired) electrons. The molecule has 7 heteroatoms. The lowest BCUT2D eigenvalue weighted by atomic mass is 9.78. The van der Waals surface area contributed by atoms with Crippen LogP contribution in [0.3, 0.4) is 0 Å². The third kappa shape index (κ3) is 3.77. The second-order valence-electron chi connectivity index (χ2n) is 7.01. The fourth-order valence-corrected chi connectivity index (χ4v) is 4.77. The van der Waals surface area contributed by atoms with Gasteiger partial charge in [-0.05, 0) is 55.9 Å². The van der Waals surface area contributed by atoms with E-state index in [9.17, 15) is 9.18 Å². The number of thioether (sulfide) groups is 1. The Kier molecular flexibility index (Phi) is 5.24. The van der Waals surface area contributed by atoms with Gasteiger partial charge in [-0.3, -0.25) is 4.79 Å². The van der Waals surface area contributed by atoms with Crippen LogP contribution in [0.4, 0.5) is 4.39 Å². The van der Waals surface area contributed by atoms with Crippen LogP contribution in [-0.4, -0.2) is 39.3 Å². The minimum atomic E-state index is -0.309. The van der Waals surface area contributed by atoms with E-state index in [1.165, 1.54) is 49.6 Å². The van der Waals surface area contributed by atoms with Gasteiger partial charge in [0.05, 0.1) is 5.75 Å². The zero-order valence-electron chi connectivity index (χ0n) is 14.6. The summed E-state index contributed by atoms with van der Waals surface area (Å²) in [4.78, 5) is 14.8. The van der Waals surface area contributed by atoms with Gasteiger partial charge >= 0.3 is 0 Å². The minimum absolute atomic E-state index is 0.160. The van der Waals surface area contributed by atoms with Gasteiger partial charge in [0.2, 0.25) is 11.8 Å². The van der Waals surface area contributed by atoms with Crippen molar-refractivity contribution in [2.75, 3.05) is 12.3 Å². The topological polar surface area (TPSA) is 59.2 Å². The lowest BCUT2D eigenvalue weighted by molar-refractivity contribution is -0.134. The first-order valence-electron chi connectivity index (χ1n) is 9.22. The van der Waals surface area contributed by atoms with Crippen LogP contribution >= 0.6 is 11.8 Å². The largest absolute Gasteiger partial charge is 0.411 e. The Morgan fingerprint density at radius 1 is 1.15 bits per heavy atom. The molecule has 1 saturated heterocycles. The highest BCUT2D eigenvalue weighted by atomic mass is 32.2. The molecule has 1 aliphatic heterocycles. The number of piperidine rings is 1. The standard InChI is InChI=1S/C19H22FN3O2S/c20-15-9-7-14(8-10-15)18-21-22-19(25-18)26-12-17(24)23-11-3-5-13-4-1-2-6-16(13)23/h7-10,13,16H,1-6,11-12H2/t13-,16+/m0/s1. The molecule has 1 aliphatic carbocycles. The molecular formula is C19H22FN3O2S. The van der Waals surface area contributed by atoms with Crippen LogP contribution in [0.25, 0.3) is 11.5 Å². The Bertz CT molecular complexity index is 762. The summed E-state index contributed by atoms with van der Waals surface area (Å²) in [6.45, 7) is 0.866. The van der Waals surface area contributed by atoms with Crippen LogP contribution in [0, 0.1) is 11.7 Å². The monoisotopic (exact) mass is 375 g/mol. The number of hydrogen-bond acceptors (Lipinski definition) is 5. The normalized spacial score (nSPS) is 22.9. The summed E-state index contributed by atoms with van der Waals surface area (Å²) >= 11 is 1.27. The number of benzene rings is 1. The van der Waals surface area contributed by atoms with Gasteiger partial charge in [0.25, 0.3) is 5.22 Å². The molecule has 4 rings (SSSR count). The molecule has 2 fully saturated rings. The van der Waals surface area contributed by atoms with E-state index in [1.54, 1.807) is 12.1 Å². The predicted octanol–water partition coefficient (Wildman–Crippen LogP) is 4.15. The molecule has 0 unspecified atom stereocenters. The molecule has 1 aromatic heterocycles. The predicted molar refractivity (Wildman–Crippen MR) is 97.1 cm³/mol. The molecule has 0 spiro atoms. The van der Waals surface area contributed by atoms with E-state index in [2.05, 4.69) is 15.1 Å². The third-order valence-corrected chi connectivity index (χ3v) is 6.18. The summed E-state index contributed by atoms with van der Waals surface area (Å²) < 4.78 is 18.6. The van der Waals surface area contributed by atoms with E-state index in [1.807, 2.05) is 0 Å². The Morgan fingerprint density at radius 3 is 2.77 bits per heavy atom. The third-order valence-electron chi connectivity index (χ3n) is 5.38. The van der Waals surface area contributed by atoms with Crippen LogP contribution in [0.1, 0.15) is 38.5 Å². The summed E-state index contributed by atoms with van der Waals surface area (Å²) in [5.41, 5.74) is 0.665. The van der Waals surface area contributed by atoms with E-state index in [4.69, 9.17) is 4.42 Å². The molecule has 5 nitrogen and oxygen atoms in total. The van der Waals surface area contributed by atoms with Crippen molar-refractivity contribution in [3.63, 3.8) is 0 Å². The van der Waals surface area contributed by atoms with Crippen molar-refractivity contribution in [3.05, 3.63) is 30.1 Å². The number of fused-ring (bicyclic) bond motifs is 1. The van der Waals surface area contributed by atoms with Crippen LogP contribution in [0.2, 0.25) is 0 Å². The highest BCUT2D eigenvalue weighted by Crippen LogP contribution is 2.35. The van der Waals surface area contributed by atoms with Gasteiger partial charge in [0, 0.05) is 18.2 Å². The second kappa shape index (κ2) is 7.78. The van der Waals surface area contributed by atoms with Crippen LogP contribution in [-0.2, 0) is 4.79 Å². The minimum Gasteiger partial charge on any atom is -0.411 e. The number of carbonyl (C=O) groups excluding carboxylic acids is 1. The van der Waals surface area contributed by atoms with Gasteiger partial charge in [0.15, 0.2) is 0 Å². The van der Waals surface area contributed by atoms with E-state index in [0.29, 0.717) is 34.4 Å². The maximum Gasteiger partial charge on any atom is 0.277 e. The maximum atomic E-state index is 13.0. The fraction of sp³-hybridized carbons (Fsp3) is 0.526. The van der Waals surface area contributed by atoms with Crippen molar-refractivity contribution in [2.24, 2.45) is 5.92 Å². The second-order valence-corrected chi connectivity index (χ2v) is 7.94. The first-order valence-corrected chi connectivity index (χ1v) is 10.2. The molecule has 1 saturated carbocycles. The zero-order valence-corrected chi connectivity index (χ0v) is 15.4. The van der Waals surface area contributed by atoms with E-state index >= 15 is 0 Å². The lowest BCUT2D eigenvalue weighted by Crippen LogP contribution is -2.50. The van der Waals surface area contributed by atoms with E-state index < -0.39 is 0 Å². The first-order chi connectivity index (χ1) is 12.7. The molecule has 26 heavy (non-hydrogen) atoms. The Balaban J connectivity index is 1.36. The van der Waals surface area contributed by atoms with Gasteiger partial charge in [-0.1, -0.05) is 24.6 Å². The van der Waals surface area contributed by atoms with Gasteiger partial charge in [-0.2, -0.15) is 0 Å². The lowest BCUT2D eigenvalue weighted by Gasteiger charge is -2.44. The van der Waals surface area contributed by atoms with Gasteiger partial charge in [-0.15, -0.1) is 10.2 Å². The van der Waals surface area contributed by atoms with Crippen LogP contribution < -0.4 is 0 Å². The van der Waals surface area contributed by atoms with Gasteiger partial charge < -0.3 is 9.32 Å². The van der Waals surface area contributed by atoms with E-state index in [-0.39, 0.29) is 11.7 Å². The smallest absolute Gasteiger partial charge is 0.277 e. The summed E-state index contributed by atoms with van der Waals surface area (Å²) in [6.07, 6.45) is 7.27. The van der Waals surface area contributed by atoms with Crippen LogP contribution in [0.15, 0.2) is 33.9 Å². The average molecular weight is 375 g/mol. The number of halogens is 1. The van der Waals surface area contributed by atoms with Crippen molar-refractivity contribution in [3.8, 4) is 11.5 Å². The molecule has 138 valence electrons. The zero-order chi connectivity index (χ0) is 17.9. The quantitative estimate of drug-likeness (QED) is 0.752. The van der Waals surface area contributed by atoms with Crippen molar-refractivity contribution in [1.29, 1.82) is 0 Å². The summed E-state index contributed by atoms with van der Waals surface area (Å²) in [7, 11) is 0. The van der Waals surface area contributed by atoms with Gasteiger partial charge in [0.1, 0.15) is 5.82 Å². The highest BCUT2D eigenvalue weighted by Gasteiger charge is 2.35. The molecule has 2 heterocycles. The Hall–Kier alpha value is -1.89. The maximum absolute atomic E-state index is 13.0.